The summed E-state index contributed by atoms with van der Waals surface area (Å²) in [5.74, 6) is -0.986. The fraction of sp³-hybridized carbons (Fsp3) is 0.800. The summed E-state index contributed by atoms with van der Waals surface area (Å²) in [7, 11) is 0. The number of aliphatic carboxylic acids is 1. The van der Waals surface area contributed by atoms with Crippen LogP contribution in [-0.2, 0) is 4.79 Å². The molecule has 4 nitrogen and oxygen atoms in total. The molecule has 0 aromatic carbocycles. The summed E-state index contributed by atoms with van der Waals surface area (Å²) >= 11 is 0. The number of carboxylic acids is 1. The maximum atomic E-state index is 10.1. The number of rotatable bonds is 1. The Labute approximate surface area is 52.5 Å². The maximum Gasteiger partial charge on any atom is 0.323 e. The van der Waals surface area contributed by atoms with E-state index in [0.717, 1.165) is 0 Å². The van der Waals surface area contributed by atoms with E-state index in [1.54, 1.807) is 6.92 Å². The van der Waals surface area contributed by atoms with Crippen molar-refractivity contribution >= 4 is 5.97 Å². The highest BCUT2D eigenvalue weighted by Crippen LogP contribution is 2.11. The van der Waals surface area contributed by atoms with Gasteiger partial charge in [0, 0.05) is 6.04 Å². The first-order valence-corrected chi connectivity index (χ1v) is 2.80. The Morgan fingerprint density at radius 2 is 2.22 bits per heavy atom. The van der Waals surface area contributed by atoms with Gasteiger partial charge in [0.05, 0.1) is 6.10 Å². The molecule has 1 fully saturated rings. The van der Waals surface area contributed by atoms with Gasteiger partial charge in [-0.25, -0.2) is 0 Å². The van der Waals surface area contributed by atoms with Crippen LogP contribution in [0.15, 0.2) is 0 Å². The zero-order valence-electron chi connectivity index (χ0n) is 5.03. The van der Waals surface area contributed by atoms with Gasteiger partial charge in [0.2, 0.25) is 0 Å². The lowest BCUT2D eigenvalue weighted by molar-refractivity contribution is -0.148. The van der Waals surface area contributed by atoms with E-state index in [0.29, 0.717) is 0 Å². The van der Waals surface area contributed by atoms with Gasteiger partial charge in [0.15, 0.2) is 0 Å². The van der Waals surface area contributed by atoms with Crippen LogP contribution in [0, 0.1) is 0 Å². The monoisotopic (exact) mass is 131 g/mol. The van der Waals surface area contributed by atoms with Crippen LogP contribution in [-0.4, -0.2) is 34.4 Å². The second kappa shape index (κ2) is 1.97. The molecule has 0 aliphatic carbocycles. The van der Waals surface area contributed by atoms with Crippen molar-refractivity contribution < 1.29 is 15.0 Å². The molecule has 3 N–H and O–H groups in total. The summed E-state index contributed by atoms with van der Waals surface area (Å²) in [6, 6.07) is -0.828. The minimum atomic E-state index is -0.986. The molecule has 3 atom stereocenters. The Bertz CT molecular complexity index is 136. The van der Waals surface area contributed by atoms with E-state index < -0.39 is 18.1 Å². The molecular weight excluding hydrogens is 122 g/mol. The third-order valence-corrected chi connectivity index (χ3v) is 1.56. The summed E-state index contributed by atoms with van der Waals surface area (Å²) in [6.45, 7) is 1.74. The van der Waals surface area contributed by atoms with Crippen molar-refractivity contribution in [3.8, 4) is 0 Å². The number of carboxylic acid groups (broad SMARTS) is 1. The first-order valence-electron chi connectivity index (χ1n) is 2.80. The lowest BCUT2D eigenvalue weighted by atomic mass is 9.95. The zero-order valence-corrected chi connectivity index (χ0v) is 5.03. The Kier molecular flexibility index (Phi) is 1.42. The molecule has 1 aliphatic rings. The van der Waals surface area contributed by atoms with E-state index in [2.05, 4.69) is 5.32 Å². The fourth-order valence-corrected chi connectivity index (χ4v) is 0.868. The van der Waals surface area contributed by atoms with Gasteiger partial charge >= 0.3 is 5.97 Å². The quantitative estimate of drug-likeness (QED) is 0.417. The van der Waals surface area contributed by atoms with Gasteiger partial charge in [-0.3, -0.25) is 10.1 Å². The lowest BCUT2D eigenvalue weighted by Gasteiger charge is -2.37. The number of aliphatic hydroxyl groups is 1. The van der Waals surface area contributed by atoms with Crippen LogP contribution in [0.2, 0.25) is 0 Å². The molecule has 0 spiro atoms. The molecular formula is C5H9NO3. The normalized spacial score (nSPS) is 41.8. The summed E-state index contributed by atoms with van der Waals surface area (Å²) in [5, 5.41) is 19.8. The topological polar surface area (TPSA) is 69.6 Å². The van der Waals surface area contributed by atoms with Gasteiger partial charge in [-0.15, -0.1) is 0 Å². The summed E-state index contributed by atoms with van der Waals surface area (Å²) in [5.41, 5.74) is 0. The van der Waals surface area contributed by atoms with Crippen LogP contribution in [0.5, 0.6) is 0 Å². The van der Waals surface area contributed by atoms with E-state index in [4.69, 9.17) is 10.2 Å². The third-order valence-electron chi connectivity index (χ3n) is 1.56. The van der Waals surface area contributed by atoms with Crippen molar-refractivity contribution in [2.45, 2.75) is 25.1 Å². The average molecular weight is 131 g/mol. The number of nitrogens with one attached hydrogen (secondary N) is 1. The first-order chi connectivity index (χ1) is 4.13. The SMILES string of the molecule is CC1N[C@H](C(=O)O)C1O. The molecule has 1 saturated heterocycles. The Morgan fingerprint density at radius 1 is 1.67 bits per heavy atom. The number of hydrogen-bond acceptors (Lipinski definition) is 3. The van der Waals surface area contributed by atoms with Crippen LogP contribution in [0.25, 0.3) is 0 Å². The van der Waals surface area contributed by atoms with Crippen LogP contribution >= 0.6 is 0 Å². The zero-order chi connectivity index (χ0) is 7.02. The highest BCUT2D eigenvalue weighted by Gasteiger charge is 2.40. The fourth-order valence-electron chi connectivity index (χ4n) is 0.868. The molecule has 1 rings (SSSR count). The Balaban J connectivity index is 2.42. The van der Waals surface area contributed by atoms with Gasteiger partial charge < -0.3 is 10.2 Å². The van der Waals surface area contributed by atoms with E-state index in [9.17, 15) is 4.79 Å². The van der Waals surface area contributed by atoms with Crippen molar-refractivity contribution in [1.82, 2.24) is 5.32 Å². The summed E-state index contributed by atoms with van der Waals surface area (Å²) in [6.07, 6.45) is -0.720. The molecule has 1 aliphatic heterocycles. The van der Waals surface area contributed by atoms with Crippen LogP contribution in [0.1, 0.15) is 6.92 Å². The van der Waals surface area contributed by atoms with Crippen LogP contribution in [0.3, 0.4) is 0 Å². The third kappa shape index (κ3) is 0.906. The molecule has 52 valence electrons. The van der Waals surface area contributed by atoms with E-state index in [1.807, 2.05) is 0 Å². The number of hydrogen-bond donors (Lipinski definition) is 3. The highest BCUT2D eigenvalue weighted by molar-refractivity contribution is 5.75. The molecule has 9 heavy (non-hydrogen) atoms. The first kappa shape index (κ1) is 6.51. The van der Waals surface area contributed by atoms with Gasteiger partial charge in [-0.05, 0) is 6.92 Å². The van der Waals surface area contributed by atoms with Crippen molar-refractivity contribution in [2.24, 2.45) is 0 Å². The summed E-state index contributed by atoms with van der Waals surface area (Å²) < 4.78 is 0. The second-order valence-corrected chi connectivity index (χ2v) is 2.26. The largest absolute Gasteiger partial charge is 0.480 e. The van der Waals surface area contributed by atoms with Crippen LogP contribution in [0.4, 0.5) is 0 Å². The van der Waals surface area contributed by atoms with Gasteiger partial charge in [-0.1, -0.05) is 0 Å². The summed E-state index contributed by atoms with van der Waals surface area (Å²) in [4.78, 5) is 10.1. The minimum absolute atomic E-state index is 0.0777. The van der Waals surface area contributed by atoms with Crippen LogP contribution < -0.4 is 5.32 Å². The van der Waals surface area contributed by atoms with E-state index >= 15 is 0 Å². The molecule has 0 aromatic heterocycles. The van der Waals surface area contributed by atoms with Crippen molar-refractivity contribution in [1.29, 1.82) is 0 Å². The molecule has 2 unspecified atom stereocenters. The van der Waals surface area contributed by atoms with Crippen molar-refractivity contribution in [3.63, 3.8) is 0 Å². The smallest absolute Gasteiger partial charge is 0.323 e. The molecule has 0 saturated carbocycles. The second-order valence-electron chi connectivity index (χ2n) is 2.26. The number of carbonyl (C=O) groups is 1. The molecule has 0 amide bonds. The standard InChI is InChI=1S/C5H9NO3/c1-2-4(7)3(6-2)5(8)9/h2-4,6-7H,1H3,(H,8,9)/t2?,3-,4?/m0/s1. The van der Waals surface area contributed by atoms with Crippen molar-refractivity contribution in [2.75, 3.05) is 0 Å². The predicted molar refractivity (Wildman–Crippen MR) is 30.0 cm³/mol. The molecule has 4 heteroatoms. The predicted octanol–water partition coefficient (Wildman–Crippen LogP) is -1.21. The van der Waals surface area contributed by atoms with Crippen molar-refractivity contribution in [3.05, 3.63) is 0 Å². The van der Waals surface area contributed by atoms with E-state index in [-0.39, 0.29) is 6.04 Å². The molecule has 1 heterocycles. The average Bonchev–Trinajstić information content (AvgIpc) is 1.81. The van der Waals surface area contributed by atoms with E-state index in [1.165, 1.54) is 0 Å². The minimum Gasteiger partial charge on any atom is -0.480 e. The lowest BCUT2D eigenvalue weighted by Crippen LogP contribution is -2.67. The Hall–Kier alpha value is -0.610. The highest BCUT2D eigenvalue weighted by atomic mass is 16.4. The Morgan fingerprint density at radius 3 is 2.33 bits per heavy atom. The molecule has 0 bridgehead atoms. The van der Waals surface area contributed by atoms with Gasteiger partial charge in [-0.2, -0.15) is 0 Å². The molecule has 0 radical (unpaired) electrons. The van der Waals surface area contributed by atoms with Gasteiger partial charge in [0.25, 0.3) is 0 Å². The maximum absolute atomic E-state index is 10.1. The molecule has 0 aromatic rings. The van der Waals surface area contributed by atoms with Gasteiger partial charge in [0.1, 0.15) is 6.04 Å². The number of aliphatic hydroxyl groups excluding tert-OH is 1.